The molecule has 2 saturated heterocycles. The van der Waals surface area contributed by atoms with E-state index in [2.05, 4.69) is 30.5 Å². The monoisotopic (exact) mass is 341 g/mol. The fraction of sp³-hybridized carbons (Fsp3) is 0.882. The molecule has 0 bridgehead atoms. The van der Waals surface area contributed by atoms with Gasteiger partial charge in [-0.25, -0.2) is 0 Å². The van der Waals surface area contributed by atoms with Gasteiger partial charge in [0.05, 0.1) is 12.0 Å². The number of hydrogen-bond donors (Lipinski definition) is 1. The van der Waals surface area contributed by atoms with E-state index in [1.807, 2.05) is 11.8 Å². The molecule has 5 nitrogen and oxygen atoms in total. The van der Waals surface area contributed by atoms with Crippen molar-refractivity contribution >= 4 is 23.6 Å². The van der Waals surface area contributed by atoms with Crippen molar-refractivity contribution < 1.29 is 9.59 Å². The van der Waals surface area contributed by atoms with Crippen LogP contribution in [0.1, 0.15) is 46.5 Å². The number of carbonyl (C=O) groups excluding carboxylic acids is 2. The van der Waals surface area contributed by atoms with Crippen molar-refractivity contribution in [1.82, 2.24) is 9.80 Å². The van der Waals surface area contributed by atoms with E-state index in [-0.39, 0.29) is 28.5 Å². The predicted octanol–water partition coefficient (Wildman–Crippen LogP) is 1.71. The quantitative estimate of drug-likeness (QED) is 0.827. The summed E-state index contributed by atoms with van der Waals surface area (Å²) in [6.07, 6.45) is 3.95. The highest BCUT2D eigenvalue weighted by Crippen LogP contribution is 2.37. The van der Waals surface area contributed by atoms with E-state index >= 15 is 0 Å². The number of amides is 2. The third-order valence-electron chi connectivity index (χ3n) is 5.61. The van der Waals surface area contributed by atoms with Gasteiger partial charge in [-0.2, -0.15) is 11.8 Å². The molecule has 2 aliphatic heterocycles. The number of likely N-dealkylation sites (tertiary alicyclic amines) is 1. The maximum absolute atomic E-state index is 12.9. The third-order valence-corrected chi connectivity index (χ3v) is 7.31. The lowest BCUT2D eigenvalue weighted by Gasteiger charge is -2.44. The van der Waals surface area contributed by atoms with Gasteiger partial charge in [0.2, 0.25) is 11.8 Å². The van der Waals surface area contributed by atoms with Crippen LogP contribution in [0, 0.1) is 5.92 Å². The first-order valence-electron chi connectivity index (χ1n) is 8.88. The molecule has 2 heterocycles. The van der Waals surface area contributed by atoms with Crippen molar-refractivity contribution in [3.05, 3.63) is 0 Å². The fourth-order valence-electron chi connectivity index (χ4n) is 3.71. The molecule has 0 radical (unpaired) electrons. The standard InChI is InChI=1S/C17H31N3O2S/c1-4-17(5-2)12-20(9-10-23-17)13(3)16(22)19-8-6-7-14(11-19)15(18)21/h13-14H,4-12H2,1-3H3,(H2,18,21). The van der Waals surface area contributed by atoms with E-state index in [0.29, 0.717) is 6.54 Å². The molecule has 2 rings (SSSR count). The maximum atomic E-state index is 12.9. The molecule has 0 aliphatic carbocycles. The Morgan fingerprint density at radius 1 is 1.30 bits per heavy atom. The largest absolute Gasteiger partial charge is 0.369 e. The van der Waals surface area contributed by atoms with Crippen LogP contribution in [0.3, 0.4) is 0 Å². The number of nitrogens with two attached hydrogens (primary N) is 1. The summed E-state index contributed by atoms with van der Waals surface area (Å²) in [7, 11) is 0. The Balaban J connectivity index is 2.00. The van der Waals surface area contributed by atoms with Gasteiger partial charge in [-0.05, 0) is 32.6 Å². The number of primary amides is 1. The first kappa shape index (κ1) is 18.6. The van der Waals surface area contributed by atoms with Gasteiger partial charge in [0.15, 0.2) is 0 Å². The van der Waals surface area contributed by atoms with E-state index < -0.39 is 0 Å². The van der Waals surface area contributed by atoms with E-state index in [4.69, 9.17) is 5.73 Å². The van der Waals surface area contributed by atoms with E-state index in [0.717, 1.165) is 51.1 Å². The molecule has 2 unspecified atom stereocenters. The van der Waals surface area contributed by atoms with Crippen LogP contribution in [0.15, 0.2) is 0 Å². The summed E-state index contributed by atoms with van der Waals surface area (Å²) in [4.78, 5) is 28.5. The molecule has 2 atom stereocenters. The SMILES string of the molecule is CCC1(CC)CN(C(C)C(=O)N2CCCC(C(N)=O)C2)CCS1. The third kappa shape index (κ3) is 4.21. The van der Waals surface area contributed by atoms with Crippen LogP contribution in [-0.2, 0) is 9.59 Å². The van der Waals surface area contributed by atoms with Crippen LogP contribution >= 0.6 is 11.8 Å². The first-order valence-corrected chi connectivity index (χ1v) is 9.87. The zero-order valence-electron chi connectivity index (χ0n) is 14.7. The molecular weight excluding hydrogens is 310 g/mol. The highest BCUT2D eigenvalue weighted by Gasteiger charge is 2.38. The van der Waals surface area contributed by atoms with Crippen molar-refractivity contribution in [3.63, 3.8) is 0 Å². The summed E-state index contributed by atoms with van der Waals surface area (Å²) in [6.45, 7) is 9.69. The Morgan fingerprint density at radius 3 is 2.61 bits per heavy atom. The van der Waals surface area contributed by atoms with Crippen LogP contribution in [-0.4, -0.2) is 64.3 Å². The van der Waals surface area contributed by atoms with Gasteiger partial charge < -0.3 is 10.6 Å². The molecule has 23 heavy (non-hydrogen) atoms. The molecule has 2 fully saturated rings. The summed E-state index contributed by atoms with van der Waals surface area (Å²) in [6, 6.07) is -0.111. The second kappa shape index (κ2) is 7.88. The lowest BCUT2D eigenvalue weighted by Crippen LogP contribution is -2.56. The molecule has 0 aromatic rings. The average Bonchev–Trinajstić information content (AvgIpc) is 2.60. The Morgan fingerprint density at radius 2 is 2.00 bits per heavy atom. The molecule has 132 valence electrons. The highest BCUT2D eigenvalue weighted by atomic mass is 32.2. The van der Waals surface area contributed by atoms with Gasteiger partial charge in [0.1, 0.15) is 0 Å². The van der Waals surface area contributed by atoms with Gasteiger partial charge in [-0.3, -0.25) is 14.5 Å². The maximum Gasteiger partial charge on any atom is 0.239 e. The normalized spacial score (nSPS) is 26.7. The molecule has 2 aliphatic rings. The topological polar surface area (TPSA) is 66.6 Å². The number of carbonyl (C=O) groups is 2. The Labute approximate surface area is 144 Å². The summed E-state index contributed by atoms with van der Waals surface area (Å²) in [5.41, 5.74) is 5.43. The van der Waals surface area contributed by atoms with Gasteiger partial charge in [-0.15, -0.1) is 0 Å². The molecule has 2 N–H and O–H groups in total. The average molecular weight is 342 g/mol. The number of thioether (sulfide) groups is 1. The van der Waals surface area contributed by atoms with Gasteiger partial charge in [0, 0.05) is 36.7 Å². The summed E-state index contributed by atoms with van der Waals surface area (Å²) >= 11 is 2.06. The predicted molar refractivity (Wildman–Crippen MR) is 95.3 cm³/mol. The molecule has 0 aromatic heterocycles. The summed E-state index contributed by atoms with van der Waals surface area (Å²) in [5.74, 6) is 0.787. The molecule has 0 saturated carbocycles. The first-order chi connectivity index (χ1) is 10.9. The lowest BCUT2D eigenvalue weighted by atomic mass is 9.96. The van der Waals surface area contributed by atoms with Crippen molar-refractivity contribution in [2.75, 3.05) is 31.9 Å². The smallest absolute Gasteiger partial charge is 0.239 e. The number of hydrogen-bond acceptors (Lipinski definition) is 4. The van der Waals surface area contributed by atoms with Crippen LogP contribution in [0.5, 0.6) is 0 Å². The van der Waals surface area contributed by atoms with Crippen LogP contribution in [0.4, 0.5) is 0 Å². The van der Waals surface area contributed by atoms with E-state index in [1.54, 1.807) is 0 Å². The van der Waals surface area contributed by atoms with E-state index in [9.17, 15) is 9.59 Å². The second-order valence-corrected chi connectivity index (χ2v) is 8.47. The second-order valence-electron chi connectivity index (χ2n) is 6.91. The zero-order valence-corrected chi connectivity index (χ0v) is 15.5. The van der Waals surface area contributed by atoms with Gasteiger partial charge in [0.25, 0.3) is 0 Å². The van der Waals surface area contributed by atoms with Crippen molar-refractivity contribution in [1.29, 1.82) is 0 Å². The minimum atomic E-state index is -0.277. The van der Waals surface area contributed by atoms with Gasteiger partial charge in [-0.1, -0.05) is 13.8 Å². The number of nitrogens with zero attached hydrogens (tertiary/aromatic N) is 2. The Bertz CT molecular complexity index is 440. The number of piperidine rings is 1. The van der Waals surface area contributed by atoms with Crippen molar-refractivity contribution in [2.24, 2.45) is 11.7 Å². The van der Waals surface area contributed by atoms with Crippen molar-refractivity contribution in [3.8, 4) is 0 Å². The molecular formula is C17H31N3O2S. The number of rotatable bonds is 5. The van der Waals surface area contributed by atoms with Crippen LogP contribution < -0.4 is 5.73 Å². The molecule has 2 amide bonds. The van der Waals surface area contributed by atoms with Crippen LogP contribution in [0.25, 0.3) is 0 Å². The van der Waals surface area contributed by atoms with E-state index in [1.165, 1.54) is 0 Å². The molecule has 0 aromatic carbocycles. The highest BCUT2D eigenvalue weighted by molar-refractivity contribution is 8.00. The summed E-state index contributed by atoms with van der Waals surface area (Å²) < 4.78 is 0.282. The Kier molecular flexibility index (Phi) is 6.37. The van der Waals surface area contributed by atoms with Crippen LogP contribution in [0.2, 0.25) is 0 Å². The Hall–Kier alpha value is -0.750. The summed E-state index contributed by atoms with van der Waals surface area (Å²) in [5, 5.41) is 0. The van der Waals surface area contributed by atoms with Crippen molar-refractivity contribution in [2.45, 2.75) is 57.2 Å². The lowest BCUT2D eigenvalue weighted by molar-refractivity contribution is -0.139. The molecule has 0 spiro atoms. The minimum Gasteiger partial charge on any atom is -0.369 e. The fourth-order valence-corrected chi connectivity index (χ4v) is 5.14. The minimum absolute atomic E-state index is 0.111. The zero-order chi connectivity index (χ0) is 17.0. The molecule has 6 heteroatoms. The van der Waals surface area contributed by atoms with Gasteiger partial charge >= 0.3 is 0 Å².